The fourth-order valence-electron chi connectivity index (χ4n) is 1.11. The van der Waals surface area contributed by atoms with Crippen LogP contribution in [0.15, 0.2) is 15.9 Å². The zero-order valence-electron chi connectivity index (χ0n) is 6.46. The fraction of sp³-hybridized carbons (Fsp3) is 0.500. The van der Waals surface area contributed by atoms with Gasteiger partial charge in [-0.1, -0.05) is 0 Å². The van der Waals surface area contributed by atoms with Crippen LogP contribution >= 0.6 is 27.3 Å². The highest BCUT2D eigenvalue weighted by Crippen LogP contribution is 2.33. The summed E-state index contributed by atoms with van der Waals surface area (Å²) in [6.45, 7) is 1.60. The number of hydrogen-bond donors (Lipinski definition) is 0. The van der Waals surface area contributed by atoms with Crippen LogP contribution in [0.5, 0.6) is 0 Å². The van der Waals surface area contributed by atoms with Gasteiger partial charge >= 0.3 is 0 Å². The van der Waals surface area contributed by atoms with Crippen molar-refractivity contribution in [2.75, 3.05) is 13.2 Å². The molecule has 0 spiro atoms. The second-order valence-corrected chi connectivity index (χ2v) is 4.36. The van der Waals surface area contributed by atoms with Gasteiger partial charge in [0.2, 0.25) is 0 Å². The molecule has 1 saturated heterocycles. The molecule has 2 nitrogen and oxygen atoms in total. The molecule has 12 heavy (non-hydrogen) atoms. The third-order valence-corrected chi connectivity index (χ3v) is 3.58. The van der Waals surface area contributed by atoms with Crippen LogP contribution in [-0.4, -0.2) is 13.2 Å². The van der Waals surface area contributed by atoms with E-state index in [-0.39, 0.29) is 6.29 Å². The Kier molecular flexibility index (Phi) is 2.80. The molecule has 0 amide bonds. The molecule has 0 unspecified atom stereocenters. The smallest absolute Gasteiger partial charge is 0.194 e. The van der Waals surface area contributed by atoms with Crippen LogP contribution < -0.4 is 0 Å². The van der Waals surface area contributed by atoms with Crippen molar-refractivity contribution in [3.8, 4) is 0 Å². The normalized spacial score (nSPS) is 19.8. The first-order valence-corrected chi connectivity index (χ1v) is 5.51. The Morgan fingerprint density at radius 3 is 2.75 bits per heavy atom. The first kappa shape index (κ1) is 8.69. The average Bonchev–Trinajstić information content (AvgIpc) is 2.53. The Balaban J connectivity index is 2.13. The molecular formula is C8H9BrO2S. The van der Waals surface area contributed by atoms with Crippen molar-refractivity contribution in [2.24, 2.45) is 0 Å². The lowest BCUT2D eigenvalue weighted by Crippen LogP contribution is -2.16. The summed E-state index contributed by atoms with van der Waals surface area (Å²) in [5.74, 6) is 0. The molecular weight excluding hydrogens is 240 g/mol. The molecule has 0 aliphatic carbocycles. The van der Waals surface area contributed by atoms with E-state index in [1.54, 1.807) is 11.3 Å². The summed E-state index contributed by atoms with van der Waals surface area (Å²) < 4.78 is 12.0. The second kappa shape index (κ2) is 3.87. The maximum atomic E-state index is 5.46. The third-order valence-electron chi connectivity index (χ3n) is 1.69. The van der Waals surface area contributed by atoms with E-state index in [4.69, 9.17) is 9.47 Å². The zero-order valence-corrected chi connectivity index (χ0v) is 8.86. The number of halogens is 1. The number of thiophene rings is 1. The summed E-state index contributed by atoms with van der Waals surface area (Å²) in [6.07, 6.45) is 0.854. The van der Waals surface area contributed by atoms with Crippen LogP contribution in [0, 0.1) is 0 Å². The van der Waals surface area contributed by atoms with E-state index in [1.165, 1.54) is 0 Å². The van der Waals surface area contributed by atoms with Crippen LogP contribution in [0.1, 0.15) is 17.6 Å². The Morgan fingerprint density at radius 2 is 2.17 bits per heavy atom. The van der Waals surface area contributed by atoms with Crippen LogP contribution in [0.4, 0.5) is 0 Å². The van der Waals surface area contributed by atoms with Crippen molar-refractivity contribution in [1.82, 2.24) is 0 Å². The Bertz CT molecular complexity index is 255. The Labute approximate surface area is 83.6 Å². The van der Waals surface area contributed by atoms with E-state index in [0.717, 1.165) is 29.0 Å². The van der Waals surface area contributed by atoms with Gasteiger partial charge in [-0.15, -0.1) is 11.3 Å². The molecule has 0 aromatic carbocycles. The molecule has 2 heterocycles. The minimum Gasteiger partial charge on any atom is -0.348 e. The molecule has 0 bridgehead atoms. The molecule has 1 aliphatic rings. The number of hydrogen-bond acceptors (Lipinski definition) is 3. The summed E-state index contributed by atoms with van der Waals surface area (Å²) >= 11 is 5.11. The predicted molar refractivity (Wildman–Crippen MR) is 51.3 cm³/mol. The lowest BCUT2D eigenvalue weighted by atomic mass is 10.4. The zero-order chi connectivity index (χ0) is 8.39. The quantitative estimate of drug-likeness (QED) is 0.761. The highest BCUT2D eigenvalue weighted by Gasteiger charge is 2.19. The minimum absolute atomic E-state index is 0.145. The fourth-order valence-corrected chi connectivity index (χ4v) is 2.67. The van der Waals surface area contributed by atoms with Gasteiger partial charge in [0.15, 0.2) is 6.29 Å². The highest BCUT2D eigenvalue weighted by atomic mass is 79.9. The van der Waals surface area contributed by atoms with Gasteiger partial charge < -0.3 is 9.47 Å². The van der Waals surface area contributed by atoms with Gasteiger partial charge in [0.05, 0.1) is 18.1 Å². The van der Waals surface area contributed by atoms with Gasteiger partial charge in [-0.25, -0.2) is 0 Å². The minimum atomic E-state index is -0.145. The third kappa shape index (κ3) is 1.71. The molecule has 0 N–H and O–H groups in total. The van der Waals surface area contributed by atoms with Crippen LogP contribution in [0.25, 0.3) is 0 Å². The van der Waals surface area contributed by atoms with Gasteiger partial charge in [-0.2, -0.15) is 0 Å². The van der Waals surface area contributed by atoms with E-state index in [2.05, 4.69) is 15.9 Å². The molecule has 1 fully saturated rings. The van der Waals surface area contributed by atoms with Crippen molar-refractivity contribution in [3.63, 3.8) is 0 Å². The van der Waals surface area contributed by atoms with Gasteiger partial charge in [-0.3, -0.25) is 0 Å². The number of rotatable bonds is 1. The van der Waals surface area contributed by atoms with E-state index in [1.807, 2.05) is 11.4 Å². The molecule has 66 valence electrons. The summed E-state index contributed by atoms with van der Waals surface area (Å²) in [5.41, 5.74) is 0. The summed E-state index contributed by atoms with van der Waals surface area (Å²) in [5, 5.41) is 2.03. The molecule has 2 rings (SSSR count). The van der Waals surface area contributed by atoms with Crippen molar-refractivity contribution < 1.29 is 9.47 Å². The maximum absolute atomic E-state index is 5.46. The summed E-state index contributed by atoms with van der Waals surface area (Å²) in [4.78, 5) is 1.13. The van der Waals surface area contributed by atoms with Crippen molar-refractivity contribution >= 4 is 27.3 Å². The molecule has 1 aliphatic heterocycles. The SMILES string of the molecule is Brc1ccsc1C1OCCCO1. The van der Waals surface area contributed by atoms with Crippen LogP contribution in [-0.2, 0) is 9.47 Å². The summed E-state index contributed by atoms with van der Waals surface area (Å²) in [7, 11) is 0. The lowest BCUT2D eigenvalue weighted by Gasteiger charge is -2.22. The molecule has 0 atom stereocenters. The van der Waals surface area contributed by atoms with Gasteiger partial charge in [-0.05, 0) is 33.8 Å². The van der Waals surface area contributed by atoms with E-state index in [0.29, 0.717) is 0 Å². The average molecular weight is 249 g/mol. The van der Waals surface area contributed by atoms with Gasteiger partial charge in [0.25, 0.3) is 0 Å². The van der Waals surface area contributed by atoms with E-state index in [9.17, 15) is 0 Å². The van der Waals surface area contributed by atoms with Gasteiger partial charge in [0.1, 0.15) is 0 Å². The second-order valence-electron chi connectivity index (χ2n) is 2.56. The van der Waals surface area contributed by atoms with Crippen molar-refractivity contribution in [2.45, 2.75) is 12.7 Å². The van der Waals surface area contributed by atoms with E-state index < -0.39 is 0 Å². The predicted octanol–water partition coefficient (Wildman–Crippen LogP) is 2.95. The lowest BCUT2D eigenvalue weighted by molar-refractivity contribution is -0.181. The van der Waals surface area contributed by atoms with Crippen LogP contribution in [0.3, 0.4) is 0 Å². The standard InChI is InChI=1S/C8H9BrO2S/c9-6-2-5-12-7(6)8-10-3-1-4-11-8/h2,5,8H,1,3-4H2. The first-order chi connectivity index (χ1) is 5.88. The first-order valence-electron chi connectivity index (χ1n) is 3.84. The topological polar surface area (TPSA) is 18.5 Å². The molecule has 1 aromatic rings. The molecule has 1 aromatic heterocycles. The van der Waals surface area contributed by atoms with Crippen molar-refractivity contribution in [3.05, 3.63) is 20.8 Å². The van der Waals surface area contributed by atoms with Gasteiger partial charge in [0, 0.05) is 4.47 Å². The van der Waals surface area contributed by atoms with E-state index >= 15 is 0 Å². The largest absolute Gasteiger partial charge is 0.348 e. The number of ether oxygens (including phenoxy) is 2. The molecule has 0 saturated carbocycles. The monoisotopic (exact) mass is 248 g/mol. The van der Waals surface area contributed by atoms with Crippen LogP contribution in [0.2, 0.25) is 0 Å². The molecule has 4 heteroatoms. The maximum Gasteiger partial charge on any atom is 0.194 e. The Morgan fingerprint density at radius 1 is 1.42 bits per heavy atom. The molecule has 0 radical (unpaired) electrons. The Hall–Kier alpha value is 0.1000. The van der Waals surface area contributed by atoms with Crippen molar-refractivity contribution in [1.29, 1.82) is 0 Å². The summed E-state index contributed by atoms with van der Waals surface area (Å²) in [6, 6.07) is 2.02. The highest BCUT2D eigenvalue weighted by molar-refractivity contribution is 9.10.